The number of carbonyl (C=O) groups is 1. The summed E-state index contributed by atoms with van der Waals surface area (Å²) in [5.41, 5.74) is 5.23. The van der Waals surface area contributed by atoms with Crippen LogP contribution in [0.25, 0.3) is 0 Å². The molecule has 1 aromatic rings. The number of hydrogen-bond donors (Lipinski definition) is 4. The van der Waals surface area contributed by atoms with E-state index < -0.39 is 0 Å². The molecule has 0 fully saturated rings. The van der Waals surface area contributed by atoms with Crippen molar-refractivity contribution < 1.29 is 4.79 Å². The van der Waals surface area contributed by atoms with E-state index >= 15 is 0 Å². The quantitative estimate of drug-likeness (QED) is 0.505. The molecule has 1 aliphatic heterocycles. The highest BCUT2D eigenvalue weighted by Crippen LogP contribution is 2.18. The standard InChI is InChI=1S/C15H21N5O/c1-9(2)17-15(16)18-12-6-4-11(5-7-12)14-10(3)8-13(21)19-20-14/h4-7,9-10H,8H2,1-3H3,(H,19,21)(H3,16,17,18). The molecule has 0 aliphatic carbocycles. The first-order valence-corrected chi connectivity index (χ1v) is 7.04. The van der Waals surface area contributed by atoms with Gasteiger partial charge >= 0.3 is 0 Å². The molecular weight excluding hydrogens is 266 g/mol. The van der Waals surface area contributed by atoms with E-state index in [1.54, 1.807) is 0 Å². The molecule has 6 nitrogen and oxygen atoms in total. The third kappa shape index (κ3) is 4.05. The van der Waals surface area contributed by atoms with E-state index in [1.807, 2.05) is 45.0 Å². The molecule has 1 aromatic carbocycles. The summed E-state index contributed by atoms with van der Waals surface area (Å²) in [6.45, 7) is 5.96. The van der Waals surface area contributed by atoms with E-state index in [1.165, 1.54) is 0 Å². The van der Waals surface area contributed by atoms with Crippen LogP contribution in [0, 0.1) is 11.3 Å². The number of hydrazone groups is 1. The zero-order chi connectivity index (χ0) is 15.4. The lowest BCUT2D eigenvalue weighted by Gasteiger charge is -2.19. The third-order valence-corrected chi connectivity index (χ3v) is 3.14. The molecule has 0 saturated heterocycles. The Balaban J connectivity index is 2.05. The Morgan fingerprint density at radius 3 is 2.62 bits per heavy atom. The van der Waals surface area contributed by atoms with Gasteiger partial charge in [0.05, 0.1) is 5.71 Å². The number of nitrogens with zero attached hydrogens (tertiary/aromatic N) is 1. The first kappa shape index (κ1) is 15.0. The van der Waals surface area contributed by atoms with Crippen LogP contribution in [0.1, 0.15) is 32.8 Å². The molecule has 1 aliphatic rings. The van der Waals surface area contributed by atoms with Crippen molar-refractivity contribution in [2.45, 2.75) is 33.2 Å². The van der Waals surface area contributed by atoms with Gasteiger partial charge in [0.25, 0.3) is 0 Å². The lowest BCUT2D eigenvalue weighted by Crippen LogP contribution is -2.34. The average Bonchev–Trinajstić information content (AvgIpc) is 2.39. The lowest BCUT2D eigenvalue weighted by molar-refractivity contribution is -0.121. The van der Waals surface area contributed by atoms with Crippen LogP contribution in [0.4, 0.5) is 5.69 Å². The van der Waals surface area contributed by atoms with Crippen molar-refractivity contribution in [1.29, 1.82) is 5.41 Å². The summed E-state index contributed by atoms with van der Waals surface area (Å²) in [6, 6.07) is 7.90. The van der Waals surface area contributed by atoms with E-state index in [9.17, 15) is 4.79 Å². The molecule has 2 rings (SSSR count). The van der Waals surface area contributed by atoms with Crippen LogP contribution in [0.15, 0.2) is 29.4 Å². The molecule has 0 saturated carbocycles. The molecule has 1 heterocycles. The first-order chi connectivity index (χ1) is 9.95. The third-order valence-electron chi connectivity index (χ3n) is 3.14. The van der Waals surface area contributed by atoms with E-state index in [0.717, 1.165) is 17.0 Å². The van der Waals surface area contributed by atoms with Crippen LogP contribution in [0.3, 0.4) is 0 Å². The maximum absolute atomic E-state index is 11.3. The van der Waals surface area contributed by atoms with Crippen LogP contribution < -0.4 is 16.1 Å². The summed E-state index contributed by atoms with van der Waals surface area (Å²) in [6.07, 6.45) is 0.460. The van der Waals surface area contributed by atoms with Crippen molar-refractivity contribution in [3.63, 3.8) is 0 Å². The van der Waals surface area contributed by atoms with Crippen molar-refractivity contribution >= 4 is 23.3 Å². The SMILES string of the molecule is CC(C)NC(=N)Nc1ccc(C2=NNC(=O)CC2C)cc1. The summed E-state index contributed by atoms with van der Waals surface area (Å²) in [7, 11) is 0. The number of benzene rings is 1. The fourth-order valence-corrected chi connectivity index (χ4v) is 2.20. The molecule has 1 atom stereocenters. The Hall–Kier alpha value is -2.37. The van der Waals surface area contributed by atoms with Gasteiger partial charge in [-0.3, -0.25) is 10.2 Å². The number of nitrogens with one attached hydrogen (secondary N) is 4. The van der Waals surface area contributed by atoms with E-state index in [-0.39, 0.29) is 23.8 Å². The summed E-state index contributed by atoms with van der Waals surface area (Å²) >= 11 is 0. The Kier molecular flexibility index (Phi) is 4.57. The Morgan fingerprint density at radius 1 is 1.38 bits per heavy atom. The Morgan fingerprint density at radius 2 is 2.05 bits per heavy atom. The number of carbonyl (C=O) groups excluding carboxylic acids is 1. The summed E-state index contributed by atoms with van der Waals surface area (Å²) in [5.74, 6) is 0.338. The minimum atomic E-state index is -0.0438. The minimum Gasteiger partial charge on any atom is -0.354 e. The maximum Gasteiger partial charge on any atom is 0.240 e. The second-order valence-electron chi connectivity index (χ2n) is 5.51. The highest BCUT2D eigenvalue weighted by Gasteiger charge is 2.21. The Labute approximate surface area is 124 Å². The number of rotatable bonds is 3. The molecule has 0 spiro atoms. The average molecular weight is 287 g/mol. The van der Waals surface area contributed by atoms with Crippen LogP contribution >= 0.6 is 0 Å². The predicted molar refractivity (Wildman–Crippen MR) is 84.5 cm³/mol. The number of anilines is 1. The minimum absolute atomic E-state index is 0.0438. The normalized spacial score (nSPS) is 18.0. The fourth-order valence-electron chi connectivity index (χ4n) is 2.20. The molecule has 21 heavy (non-hydrogen) atoms. The molecule has 112 valence electrons. The second-order valence-corrected chi connectivity index (χ2v) is 5.51. The van der Waals surface area contributed by atoms with Gasteiger partial charge in [0.15, 0.2) is 5.96 Å². The van der Waals surface area contributed by atoms with Gasteiger partial charge in [-0.25, -0.2) is 5.43 Å². The highest BCUT2D eigenvalue weighted by molar-refractivity contribution is 6.06. The zero-order valence-corrected chi connectivity index (χ0v) is 12.5. The molecule has 1 unspecified atom stereocenters. The smallest absolute Gasteiger partial charge is 0.240 e. The van der Waals surface area contributed by atoms with Crippen molar-refractivity contribution in [3.8, 4) is 0 Å². The van der Waals surface area contributed by atoms with Gasteiger partial charge in [0, 0.05) is 24.1 Å². The topological polar surface area (TPSA) is 89.4 Å². The van der Waals surface area contributed by atoms with Gasteiger partial charge in [0.1, 0.15) is 0 Å². The maximum atomic E-state index is 11.3. The lowest BCUT2D eigenvalue weighted by atomic mass is 9.94. The molecule has 4 N–H and O–H groups in total. The van der Waals surface area contributed by atoms with E-state index in [4.69, 9.17) is 5.41 Å². The number of amides is 1. The van der Waals surface area contributed by atoms with Gasteiger partial charge in [-0.05, 0) is 31.5 Å². The summed E-state index contributed by atoms with van der Waals surface area (Å²) in [4.78, 5) is 11.3. The molecule has 0 aromatic heterocycles. The monoisotopic (exact) mass is 287 g/mol. The summed E-state index contributed by atoms with van der Waals surface area (Å²) < 4.78 is 0. The largest absolute Gasteiger partial charge is 0.354 e. The van der Waals surface area contributed by atoms with Crippen molar-refractivity contribution in [1.82, 2.24) is 10.7 Å². The van der Waals surface area contributed by atoms with Gasteiger partial charge < -0.3 is 10.6 Å². The van der Waals surface area contributed by atoms with Crippen LogP contribution in [-0.4, -0.2) is 23.6 Å². The number of guanidine groups is 1. The van der Waals surface area contributed by atoms with Crippen LogP contribution in [0.2, 0.25) is 0 Å². The molecule has 1 amide bonds. The van der Waals surface area contributed by atoms with E-state index in [2.05, 4.69) is 21.2 Å². The van der Waals surface area contributed by atoms with Gasteiger partial charge in [0.2, 0.25) is 5.91 Å². The van der Waals surface area contributed by atoms with Gasteiger partial charge in [-0.1, -0.05) is 19.1 Å². The van der Waals surface area contributed by atoms with Gasteiger partial charge in [-0.2, -0.15) is 5.10 Å². The van der Waals surface area contributed by atoms with Crippen molar-refractivity contribution in [2.24, 2.45) is 11.0 Å². The fraction of sp³-hybridized carbons (Fsp3) is 0.400. The first-order valence-electron chi connectivity index (χ1n) is 7.04. The van der Waals surface area contributed by atoms with Crippen molar-refractivity contribution in [2.75, 3.05) is 5.32 Å². The van der Waals surface area contributed by atoms with Crippen LogP contribution in [-0.2, 0) is 4.79 Å². The summed E-state index contributed by atoms with van der Waals surface area (Å²) in [5, 5.41) is 17.9. The Bertz CT molecular complexity index is 562. The zero-order valence-electron chi connectivity index (χ0n) is 12.5. The predicted octanol–water partition coefficient (Wildman–Crippen LogP) is 1.89. The second kappa shape index (κ2) is 6.39. The van der Waals surface area contributed by atoms with Crippen LogP contribution in [0.5, 0.6) is 0 Å². The van der Waals surface area contributed by atoms with Gasteiger partial charge in [-0.15, -0.1) is 0 Å². The molecule has 6 heteroatoms. The van der Waals surface area contributed by atoms with E-state index in [0.29, 0.717) is 6.42 Å². The molecule has 0 bridgehead atoms. The highest BCUT2D eigenvalue weighted by atomic mass is 16.2. The van der Waals surface area contributed by atoms with Crippen molar-refractivity contribution in [3.05, 3.63) is 29.8 Å². The molecular formula is C15H21N5O. The molecule has 0 radical (unpaired) electrons. The number of hydrogen-bond acceptors (Lipinski definition) is 3.